The van der Waals surface area contributed by atoms with Crippen LogP contribution in [0.4, 0.5) is 17.1 Å². The Kier molecular flexibility index (Phi) is 17.3. The predicted molar refractivity (Wildman–Crippen MR) is 538 cm³/mol. The lowest BCUT2D eigenvalue weighted by Gasteiger charge is -2.25. The topological polar surface area (TPSA) is 36.1 Å². The fourth-order valence-electron chi connectivity index (χ4n) is 19.8. The highest BCUT2D eigenvalue weighted by atomic mass is 32.1. The number of para-hydroxylation sites is 8. The predicted octanol–water partition coefficient (Wildman–Crippen LogP) is 33.7. The van der Waals surface area contributed by atoms with Crippen molar-refractivity contribution in [2.24, 2.45) is 0 Å². The molecule has 0 fully saturated rings. The summed E-state index contributed by atoms with van der Waals surface area (Å²) in [5, 5.41) is 23.9. The molecule has 590 valence electrons. The molecule has 7 aromatic heterocycles. The monoisotopic (exact) mass is 1640 g/mol. The van der Waals surface area contributed by atoms with Gasteiger partial charge in [0, 0.05) is 147 Å². The molecule has 0 spiro atoms. The van der Waals surface area contributed by atoms with Crippen LogP contribution in [0.5, 0.6) is 0 Å². The van der Waals surface area contributed by atoms with E-state index in [-0.39, 0.29) is 0 Å². The van der Waals surface area contributed by atoms with Crippen LogP contribution in [0.15, 0.2) is 460 Å². The Morgan fingerprint density at radius 1 is 0.222 bits per heavy atom. The number of hydrogen-bond donors (Lipinski definition) is 0. The molecule has 0 saturated carbocycles. The van der Waals surface area contributed by atoms with Crippen molar-refractivity contribution in [2.45, 2.75) is 0 Å². The molecule has 126 heavy (non-hydrogen) atoms. The number of thiophene rings is 2. The Morgan fingerprint density at radius 2 is 0.603 bits per heavy atom. The van der Waals surface area contributed by atoms with E-state index in [1.54, 1.807) is 0 Å². The van der Waals surface area contributed by atoms with Crippen LogP contribution in [-0.2, 0) is 0 Å². The van der Waals surface area contributed by atoms with Gasteiger partial charge in [-0.25, -0.2) is 0 Å². The van der Waals surface area contributed by atoms with Crippen molar-refractivity contribution in [1.29, 1.82) is 0 Å². The van der Waals surface area contributed by atoms with Crippen LogP contribution >= 0.6 is 22.7 Å². The molecular weight excluding hydrogens is 1570 g/mol. The number of benzene rings is 20. The first-order valence-electron chi connectivity index (χ1n) is 42.9. The molecular formula is C118H75N5OS2. The molecule has 0 unspecified atom stereocenters. The third-order valence-electron chi connectivity index (χ3n) is 25.5. The summed E-state index contributed by atoms with van der Waals surface area (Å²) in [6.45, 7) is 0. The maximum atomic E-state index is 6.65. The molecule has 0 N–H and O–H groups in total. The first-order valence-corrected chi connectivity index (χ1v) is 44.5. The van der Waals surface area contributed by atoms with Crippen LogP contribution in [-0.4, -0.2) is 18.3 Å². The Morgan fingerprint density at radius 3 is 1.14 bits per heavy atom. The van der Waals surface area contributed by atoms with Gasteiger partial charge in [-0.2, -0.15) is 0 Å². The molecule has 7 heterocycles. The lowest BCUT2D eigenvalue weighted by atomic mass is 9.93. The second-order valence-electron chi connectivity index (χ2n) is 32.6. The zero-order valence-corrected chi connectivity index (χ0v) is 69.9. The average Bonchev–Trinajstić information content (AvgIpc) is 1.55. The normalized spacial score (nSPS) is 11.8. The molecule has 20 aromatic carbocycles. The van der Waals surface area contributed by atoms with E-state index in [1.165, 1.54) is 172 Å². The second-order valence-corrected chi connectivity index (χ2v) is 34.7. The summed E-state index contributed by atoms with van der Waals surface area (Å²) in [6, 6.07) is 157. The molecule has 0 saturated heterocycles. The average molecular weight is 1640 g/mol. The molecule has 0 aliphatic carbocycles. The van der Waals surface area contributed by atoms with Gasteiger partial charge >= 0.3 is 0 Å². The summed E-state index contributed by atoms with van der Waals surface area (Å²) in [6.07, 6.45) is 6.62. The summed E-state index contributed by atoms with van der Waals surface area (Å²) >= 11 is 3.81. The summed E-state index contributed by atoms with van der Waals surface area (Å²) < 4.78 is 21.4. The van der Waals surface area contributed by atoms with Crippen molar-refractivity contribution in [3.8, 4) is 56.1 Å². The molecule has 27 aromatic rings. The van der Waals surface area contributed by atoms with E-state index < -0.39 is 0 Å². The number of nitrogens with zero attached hydrogens (tertiary/aromatic N) is 5. The van der Waals surface area contributed by atoms with Gasteiger partial charge in [0.25, 0.3) is 0 Å². The van der Waals surface area contributed by atoms with E-state index in [0.717, 1.165) is 61.2 Å². The quantitative estimate of drug-likeness (QED) is 0.137. The van der Waals surface area contributed by atoms with Crippen molar-refractivity contribution >= 4 is 200 Å². The summed E-state index contributed by atoms with van der Waals surface area (Å²) in [5.74, 6) is 0. The fraction of sp³-hybridized carbons (Fsp3) is 0. The van der Waals surface area contributed by atoms with Crippen LogP contribution < -0.4 is 4.90 Å². The molecule has 0 atom stereocenters. The Hall–Kier alpha value is -16.1. The second kappa shape index (κ2) is 29.9. The maximum absolute atomic E-state index is 6.65. The van der Waals surface area contributed by atoms with E-state index >= 15 is 0 Å². The van der Waals surface area contributed by atoms with Crippen LogP contribution in [0.25, 0.3) is 216 Å². The lowest BCUT2D eigenvalue weighted by molar-refractivity contribution is 0.673. The molecule has 0 bridgehead atoms. The number of hydrogen-bond acceptors (Lipinski definition) is 4. The smallest absolute Gasteiger partial charge is 0.145 e. The highest BCUT2D eigenvalue weighted by molar-refractivity contribution is 7.27. The van der Waals surface area contributed by atoms with Crippen LogP contribution in [0.2, 0.25) is 0 Å². The number of anilines is 3. The first-order chi connectivity index (χ1) is 62.5. The van der Waals surface area contributed by atoms with Gasteiger partial charge in [0.1, 0.15) is 11.2 Å². The SMILES string of the molecule is c1ccc(-n2ccc3cc(-c4ccc5c(c4)c4ccccc4n5-c4ccccc4)c4ccc5c6ccccc6sc5c4c32)cc1.c1ccc(-n2ccc3cc(-c4ccc5ccccc5c4)c4ccc5c6ccccc6sc5c4c32)cc1.c1ccc(N(c2ccccc2)c2ccc(-c3cc4ccn(-c5ccccc5)c4c4c3ccc3c5ccccc5oc34)cc2)cc1. The molecule has 8 heteroatoms. The van der Waals surface area contributed by atoms with Crippen LogP contribution in [0.1, 0.15) is 0 Å². The summed E-state index contributed by atoms with van der Waals surface area (Å²) in [7, 11) is 0. The number of furan rings is 1. The van der Waals surface area contributed by atoms with E-state index in [2.05, 4.69) is 472 Å². The fourth-order valence-corrected chi connectivity index (χ4v) is 22.3. The minimum absolute atomic E-state index is 0.905. The number of aromatic nitrogens is 4. The van der Waals surface area contributed by atoms with Gasteiger partial charge in [-0.3, -0.25) is 0 Å². The molecule has 0 radical (unpaired) electrons. The zero-order chi connectivity index (χ0) is 82.9. The molecule has 0 aliphatic rings. The molecule has 0 amide bonds. The Bertz CT molecular complexity index is 8910. The minimum Gasteiger partial charge on any atom is -0.455 e. The standard InChI is InChI=1S/C42H28N2O.C42H26N2S.C34H21NS/c1-4-12-31(13-5-1)43-27-26-30-28-38(36-24-25-37-35-18-10-11-19-39(35)45-42(37)40(36)41(30)43)29-20-22-34(23-21-29)44(32-14-6-2-7-15-32)33-16-8-3-9-17-33;1-3-11-29(12-4-1)43-24-23-28-26-35(33-20-21-34-32-16-8-10-18-39(32)45-42(34)40(33)41(28)43)27-19-22-38-36(25-27)31-15-7-9-17-37(31)44(38)30-13-5-2-6-14-30;1-2-10-26(11-3-1)35-19-18-25-21-30(24-15-14-22-8-4-5-9-23(22)20-24)28-16-17-29-27-12-6-7-13-31(27)36-34(29)32(28)33(25)35/h1-28H;1-26H;1-21H. The van der Waals surface area contributed by atoms with Gasteiger partial charge in [0.2, 0.25) is 0 Å². The van der Waals surface area contributed by atoms with E-state index in [4.69, 9.17) is 4.42 Å². The minimum atomic E-state index is 0.905. The number of rotatable bonds is 10. The van der Waals surface area contributed by atoms with E-state index in [0.29, 0.717) is 0 Å². The highest BCUT2D eigenvalue weighted by Gasteiger charge is 2.25. The third kappa shape index (κ3) is 12.0. The third-order valence-corrected chi connectivity index (χ3v) is 27.9. The van der Waals surface area contributed by atoms with Gasteiger partial charge < -0.3 is 27.6 Å². The van der Waals surface area contributed by atoms with E-state index in [9.17, 15) is 0 Å². The maximum Gasteiger partial charge on any atom is 0.145 e. The zero-order valence-electron chi connectivity index (χ0n) is 68.3. The van der Waals surface area contributed by atoms with Gasteiger partial charge in [-0.05, 0) is 230 Å². The molecule has 27 rings (SSSR count). The van der Waals surface area contributed by atoms with E-state index in [1.807, 2.05) is 28.7 Å². The van der Waals surface area contributed by atoms with Gasteiger partial charge in [-0.1, -0.05) is 267 Å². The molecule has 0 aliphatic heterocycles. The van der Waals surface area contributed by atoms with Crippen molar-refractivity contribution < 1.29 is 4.42 Å². The summed E-state index contributed by atoms with van der Waals surface area (Å²) in [5.41, 5.74) is 23.4. The van der Waals surface area contributed by atoms with Gasteiger partial charge in [0.15, 0.2) is 0 Å². The van der Waals surface area contributed by atoms with Crippen LogP contribution in [0.3, 0.4) is 0 Å². The first kappa shape index (κ1) is 72.7. The van der Waals surface area contributed by atoms with Crippen molar-refractivity contribution in [2.75, 3.05) is 4.90 Å². The van der Waals surface area contributed by atoms with Crippen LogP contribution in [0, 0.1) is 0 Å². The van der Waals surface area contributed by atoms with Crippen molar-refractivity contribution in [1.82, 2.24) is 18.3 Å². The lowest BCUT2D eigenvalue weighted by Crippen LogP contribution is -2.09. The largest absolute Gasteiger partial charge is 0.455 e. The van der Waals surface area contributed by atoms with Gasteiger partial charge in [-0.15, -0.1) is 22.7 Å². The summed E-state index contributed by atoms with van der Waals surface area (Å²) in [4.78, 5) is 2.29. The highest BCUT2D eigenvalue weighted by Crippen LogP contribution is 2.51. The Labute approximate surface area is 733 Å². The molecule has 6 nitrogen and oxygen atoms in total. The number of fused-ring (bicyclic) bond motifs is 25. The van der Waals surface area contributed by atoms with Crippen molar-refractivity contribution in [3.05, 3.63) is 455 Å². The van der Waals surface area contributed by atoms with Gasteiger partial charge in [0.05, 0.1) is 33.0 Å². The van der Waals surface area contributed by atoms with Crippen molar-refractivity contribution in [3.63, 3.8) is 0 Å². The Balaban J connectivity index is 0.000000104.